The van der Waals surface area contributed by atoms with Crippen LogP contribution in [0.3, 0.4) is 0 Å². The summed E-state index contributed by atoms with van der Waals surface area (Å²) >= 11 is 0. The maximum absolute atomic E-state index is 13.8. The molecule has 21 heavy (non-hydrogen) atoms. The van der Waals surface area contributed by atoms with Crippen LogP contribution in [0.25, 0.3) is 0 Å². The van der Waals surface area contributed by atoms with E-state index in [9.17, 15) is 22.8 Å². The van der Waals surface area contributed by atoms with Crippen molar-refractivity contribution in [1.29, 1.82) is 0 Å². The molecule has 1 aliphatic heterocycles. The molecular weight excluding hydrogens is 285 g/mol. The standard InChI is InChI=1S/C14H15F3N2O2/c1-7(2)12-14(21)19(4-3-11(20)18-12)13-9(16)5-8(15)6-10(13)17/h5-7,12H,3-4H2,1-2H3,(H,18,20). The minimum absolute atomic E-state index is 0.0782. The fraction of sp³-hybridized carbons (Fsp3) is 0.429. The Kier molecular flexibility index (Phi) is 4.20. The number of amides is 2. The Labute approximate surface area is 119 Å². The zero-order valence-electron chi connectivity index (χ0n) is 11.6. The lowest BCUT2D eigenvalue weighted by Gasteiger charge is -2.26. The first-order valence-corrected chi connectivity index (χ1v) is 6.56. The quantitative estimate of drug-likeness (QED) is 0.908. The van der Waals surface area contributed by atoms with Gasteiger partial charge in [-0.2, -0.15) is 0 Å². The van der Waals surface area contributed by atoms with Gasteiger partial charge in [0.25, 0.3) is 0 Å². The summed E-state index contributed by atoms with van der Waals surface area (Å²) in [6, 6.07) is 0.149. The minimum atomic E-state index is -1.17. The molecule has 2 rings (SSSR count). The van der Waals surface area contributed by atoms with E-state index in [-0.39, 0.29) is 24.8 Å². The lowest BCUT2D eigenvalue weighted by Crippen LogP contribution is -2.48. The molecule has 1 fully saturated rings. The van der Waals surface area contributed by atoms with Gasteiger partial charge in [-0.15, -0.1) is 0 Å². The van der Waals surface area contributed by atoms with Crippen molar-refractivity contribution in [3.63, 3.8) is 0 Å². The fourth-order valence-electron chi connectivity index (χ4n) is 2.27. The second-order valence-corrected chi connectivity index (χ2v) is 5.25. The summed E-state index contributed by atoms with van der Waals surface area (Å²) < 4.78 is 40.7. The van der Waals surface area contributed by atoms with Crippen molar-refractivity contribution in [3.05, 3.63) is 29.6 Å². The molecule has 1 heterocycles. The number of hydrogen-bond acceptors (Lipinski definition) is 2. The van der Waals surface area contributed by atoms with Crippen molar-refractivity contribution in [2.45, 2.75) is 26.3 Å². The molecule has 1 aliphatic rings. The third-order valence-corrected chi connectivity index (χ3v) is 3.33. The number of nitrogens with one attached hydrogen (secondary N) is 1. The van der Waals surface area contributed by atoms with Gasteiger partial charge in [-0.1, -0.05) is 13.8 Å². The minimum Gasteiger partial charge on any atom is -0.344 e. The molecule has 0 aromatic heterocycles. The second kappa shape index (κ2) is 5.75. The number of halogens is 3. The monoisotopic (exact) mass is 300 g/mol. The number of benzene rings is 1. The van der Waals surface area contributed by atoms with Crippen molar-refractivity contribution in [2.24, 2.45) is 5.92 Å². The van der Waals surface area contributed by atoms with Crippen molar-refractivity contribution >= 4 is 17.5 Å². The van der Waals surface area contributed by atoms with Crippen molar-refractivity contribution in [3.8, 4) is 0 Å². The van der Waals surface area contributed by atoms with E-state index in [1.54, 1.807) is 13.8 Å². The zero-order chi connectivity index (χ0) is 15.7. The molecular formula is C14H15F3N2O2. The van der Waals surface area contributed by atoms with E-state index in [0.717, 1.165) is 4.90 Å². The Morgan fingerprint density at radius 3 is 2.29 bits per heavy atom. The van der Waals surface area contributed by atoms with E-state index in [4.69, 9.17) is 0 Å². The summed E-state index contributed by atoms with van der Waals surface area (Å²) in [6.07, 6.45) is -0.0782. The first-order valence-electron chi connectivity index (χ1n) is 6.56. The Bertz CT molecular complexity index is 567. The van der Waals surface area contributed by atoms with Gasteiger partial charge in [-0.05, 0) is 5.92 Å². The van der Waals surface area contributed by atoms with Gasteiger partial charge in [0.15, 0.2) is 11.6 Å². The summed E-state index contributed by atoms with van der Waals surface area (Å²) in [6.45, 7) is 3.26. The van der Waals surface area contributed by atoms with E-state index in [1.807, 2.05) is 0 Å². The largest absolute Gasteiger partial charge is 0.344 e. The van der Waals surface area contributed by atoms with Crippen LogP contribution in [0.4, 0.5) is 18.9 Å². The molecule has 1 atom stereocenters. The van der Waals surface area contributed by atoms with E-state index >= 15 is 0 Å². The van der Waals surface area contributed by atoms with E-state index in [1.165, 1.54) is 0 Å². The molecule has 1 aromatic rings. The zero-order valence-corrected chi connectivity index (χ0v) is 11.6. The van der Waals surface area contributed by atoms with Gasteiger partial charge in [-0.3, -0.25) is 9.59 Å². The van der Waals surface area contributed by atoms with Crippen LogP contribution >= 0.6 is 0 Å². The van der Waals surface area contributed by atoms with Gasteiger partial charge in [0.1, 0.15) is 17.5 Å². The molecule has 1 aromatic carbocycles. The third kappa shape index (κ3) is 3.01. The fourth-order valence-corrected chi connectivity index (χ4v) is 2.27. The molecule has 0 saturated carbocycles. The maximum Gasteiger partial charge on any atom is 0.249 e. The van der Waals surface area contributed by atoms with Crippen LogP contribution in [-0.4, -0.2) is 24.4 Å². The first kappa shape index (κ1) is 15.3. The number of carbonyl (C=O) groups is 2. The van der Waals surface area contributed by atoms with E-state index in [2.05, 4.69) is 5.32 Å². The highest BCUT2D eigenvalue weighted by atomic mass is 19.1. The molecule has 0 bridgehead atoms. The SMILES string of the molecule is CC(C)C1NC(=O)CCN(c2c(F)cc(F)cc2F)C1=O. The van der Waals surface area contributed by atoms with E-state index < -0.39 is 35.1 Å². The number of hydrogen-bond donors (Lipinski definition) is 1. The van der Waals surface area contributed by atoms with Gasteiger partial charge >= 0.3 is 0 Å². The molecule has 4 nitrogen and oxygen atoms in total. The number of rotatable bonds is 2. The van der Waals surface area contributed by atoms with Crippen LogP contribution in [0, 0.1) is 23.4 Å². The summed E-state index contributed by atoms with van der Waals surface area (Å²) in [5.41, 5.74) is -0.622. The van der Waals surface area contributed by atoms with Crippen LogP contribution in [0.1, 0.15) is 20.3 Å². The summed E-state index contributed by atoms with van der Waals surface area (Å²) in [7, 11) is 0. The van der Waals surface area contributed by atoms with Gasteiger partial charge in [0.05, 0.1) is 0 Å². The molecule has 1 unspecified atom stereocenters. The van der Waals surface area contributed by atoms with Gasteiger partial charge in [0.2, 0.25) is 11.8 Å². The van der Waals surface area contributed by atoms with Crippen LogP contribution in [0.15, 0.2) is 12.1 Å². The molecule has 1 N–H and O–H groups in total. The van der Waals surface area contributed by atoms with Crippen LogP contribution in [-0.2, 0) is 9.59 Å². The topological polar surface area (TPSA) is 49.4 Å². The molecule has 0 radical (unpaired) electrons. The lowest BCUT2D eigenvalue weighted by molar-refractivity contribution is -0.126. The average Bonchev–Trinajstić information content (AvgIpc) is 2.50. The van der Waals surface area contributed by atoms with Crippen LogP contribution < -0.4 is 10.2 Å². The highest BCUT2D eigenvalue weighted by molar-refractivity contribution is 6.01. The van der Waals surface area contributed by atoms with Gasteiger partial charge in [-0.25, -0.2) is 13.2 Å². The van der Waals surface area contributed by atoms with Crippen molar-refractivity contribution in [2.75, 3.05) is 11.4 Å². The molecule has 0 aliphatic carbocycles. The molecule has 7 heteroatoms. The average molecular weight is 300 g/mol. The molecule has 2 amide bonds. The molecule has 114 valence electrons. The van der Waals surface area contributed by atoms with Crippen molar-refractivity contribution in [1.82, 2.24) is 5.32 Å². The second-order valence-electron chi connectivity index (χ2n) is 5.25. The molecule has 0 spiro atoms. The summed E-state index contributed by atoms with van der Waals surface area (Å²) in [5, 5.41) is 2.53. The Balaban J connectivity index is 2.47. The highest BCUT2D eigenvalue weighted by Gasteiger charge is 2.35. The lowest BCUT2D eigenvalue weighted by atomic mass is 10.0. The Morgan fingerprint density at radius 2 is 1.76 bits per heavy atom. The first-order chi connectivity index (χ1) is 9.81. The van der Waals surface area contributed by atoms with Crippen LogP contribution in [0.5, 0.6) is 0 Å². The maximum atomic E-state index is 13.8. The van der Waals surface area contributed by atoms with Gasteiger partial charge in [0, 0.05) is 25.1 Å². The van der Waals surface area contributed by atoms with E-state index in [0.29, 0.717) is 12.1 Å². The predicted octanol–water partition coefficient (Wildman–Crippen LogP) is 1.98. The number of carbonyl (C=O) groups excluding carboxylic acids is 2. The Morgan fingerprint density at radius 1 is 1.19 bits per heavy atom. The normalized spacial score (nSPS) is 19.7. The molecule has 1 saturated heterocycles. The van der Waals surface area contributed by atoms with Crippen LogP contribution in [0.2, 0.25) is 0 Å². The smallest absolute Gasteiger partial charge is 0.249 e. The van der Waals surface area contributed by atoms with Gasteiger partial charge < -0.3 is 10.2 Å². The van der Waals surface area contributed by atoms with Crippen molar-refractivity contribution < 1.29 is 22.8 Å². The number of nitrogens with zero attached hydrogens (tertiary/aromatic N) is 1. The summed E-state index contributed by atoms with van der Waals surface area (Å²) in [4.78, 5) is 24.9. The third-order valence-electron chi connectivity index (χ3n) is 3.33. The number of anilines is 1. The highest BCUT2D eigenvalue weighted by Crippen LogP contribution is 2.27. The Hall–Kier alpha value is -2.05. The predicted molar refractivity (Wildman–Crippen MR) is 70.1 cm³/mol. The summed E-state index contributed by atoms with van der Waals surface area (Å²) in [5.74, 6) is -4.62.